The lowest BCUT2D eigenvalue weighted by Gasteiger charge is -2.27. The lowest BCUT2D eigenvalue weighted by molar-refractivity contribution is -0.147. The highest BCUT2D eigenvalue weighted by Gasteiger charge is 2.29. The summed E-state index contributed by atoms with van der Waals surface area (Å²) in [6.07, 6.45) is 1.07. The van der Waals surface area contributed by atoms with E-state index in [2.05, 4.69) is 10.2 Å². The summed E-state index contributed by atoms with van der Waals surface area (Å²) in [5, 5.41) is 7.37. The number of carbonyl (C=O) groups is 1. The quantitative estimate of drug-likeness (QED) is 0.825. The van der Waals surface area contributed by atoms with Crippen LogP contribution in [0.5, 0.6) is 0 Å². The second kappa shape index (κ2) is 6.14. The summed E-state index contributed by atoms with van der Waals surface area (Å²) >= 11 is 1.61. The molecule has 0 aromatic carbocycles. The van der Waals surface area contributed by atoms with E-state index in [9.17, 15) is 4.79 Å². The zero-order valence-corrected chi connectivity index (χ0v) is 10.8. The van der Waals surface area contributed by atoms with Crippen LogP contribution in [0.4, 0.5) is 0 Å². The Balaban J connectivity index is 2.17. The number of methoxy groups -OCH3 is 1. The Morgan fingerprint density at radius 1 is 1.53 bits per heavy atom. The summed E-state index contributed by atoms with van der Waals surface area (Å²) in [5.74, 6) is -0.162. The van der Waals surface area contributed by atoms with E-state index in [4.69, 9.17) is 4.74 Å². The fourth-order valence-electron chi connectivity index (χ4n) is 2.16. The highest BCUT2D eigenvalue weighted by atomic mass is 32.1. The predicted molar refractivity (Wildman–Crippen MR) is 68.1 cm³/mol. The third kappa shape index (κ3) is 3.06. The molecule has 2 heterocycles. The van der Waals surface area contributed by atoms with Gasteiger partial charge in [-0.3, -0.25) is 4.90 Å². The number of carbonyl (C=O) groups excluding carboxylic acids is 1. The molecule has 0 amide bonds. The number of esters is 1. The van der Waals surface area contributed by atoms with Crippen LogP contribution in [0.15, 0.2) is 16.8 Å². The van der Waals surface area contributed by atoms with Gasteiger partial charge in [0, 0.05) is 19.6 Å². The zero-order valence-electron chi connectivity index (χ0n) is 10.0. The van der Waals surface area contributed by atoms with Crippen molar-refractivity contribution in [2.24, 2.45) is 0 Å². The molecule has 94 valence electrons. The largest absolute Gasteiger partial charge is 0.468 e. The summed E-state index contributed by atoms with van der Waals surface area (Å²) < 4.78 is 4.93. The second-order valence-electron chi connectivity index (χ2n) is 4.12. The molecule has 0 aliphatic carbocycles. The van der Waals surface area contributed by atoms with E-state index < -0.39 is 0 Å². The van der Waals surface area contributed by atoms with Gasteiger partial charge in [-0.1, -0.05) is 0 Å². The lowest BCUT2D eigenvalue weighted by atomic mass is 10.1. The molecule has 4 nitrogen and oxygen atoms in total. The number of rotatable bonds is 3. The zero-order chi connectivity index (χ0) is 12.1. The van der Waals surface area contributed by atoms with Crippen molar-refractivity contribution in [1.29, 1.82) is 0 Å². The highest BCUT2D eigenvalue weighted by molar-refractivity contribution is 7.08. The fraction of sp³-hybridized carbons (Fsp3) is 0.583. The van der Waals surface area contributed by atoms with Crippen LogP contribution in [0.25, 0.3) is 0 Å². The van der Waals surface area contributed by atoms with Crippen LogP contribution < -0.4 is 5.32 Å². The van der Waals surface area contributed by atoms with Crippen LogP contribution in [0.1, 0.15) is 18.0 Å². The summed E-state index contributed by atoms with van der Waals surface area (Å²) in [6, 6.07) is 1.76. The third-order valence-electron chi connectivity index (χ3n) is 3.02. The van der Waals surface area contributed by atoms with Gasteiger partial charge in [-0.05, 0) is 35.4 Å². The van der Waals surface area contributed by atoms with Gasteiger partial charge in [0.1, 0.15) is 6.04 Å². The topological polar surface area (TPSA) is 41.6 Å². The van der Waals surface area contributed by atoms with E-state index >= 15 is 0 Å². The molecular weight excluding hydrogens is 236 g/mol. The average molecular weight is 254 g/mol. The lowest BCUT2D eigenvalue weighted by Crippen LogP contribution is -2.37. The standard InChI is InChI=1S/C12H18N2O2S/c1-16-12(15)11(10-3-8-17-9-10)14-6-2-4-13-5-7-14/h3,8-9,11,13H,2,4-7H2,1H3. The Kier molecular flexibility index (Phi) is 4.53. The molecule has 0 spiro atoms. The normalized spacial score (nSPS) is 19.6. The van der Waals surface area contributed by atoms with Crippen LogP contribution in [0, 0.1) is 0 Å². The molecule has 1 unspecified atom stereocenters. The number of thiophene rings is 1. The molecule has 1 fully saturated rings. The third-order valence-corrected chi connectivity index (χ3v) is 3.72. The summed E-state index contributed by atoms with van der Waals surface area (Å²) in [4.78, 5) is 14.1. The van der Waals surface area contributed by atoms with Crippen molar-refractivity contribution >= 4 is 17.3 Å². The van der Waals surface area contributed by atoms with Crippen molar-refractivity contribution in [2.45, 2.75) is 12.5 Å². The first-order valence-electron chi connectivity index (χ1n) is 5.87. The summed E-state index contributed by atoms with van der Waals surface area (Å²) in [6.45, 7) is 3.77. The fourth-order valence-corrected chi connectivity index (χ4v) is 2.84. The van der Waals surface area contributed by atoms with Gasteiger partial charge in [0.05, 0.1) is 7.11 Å². The van der Waals surface area contributed by atoms with Crippen molar-refractivity contribution in [3.8, 4) is 0 Å². The van der Waals surface area contributed by atoms with E-state index in [1.165, 1.54) is 7.11 Å². The first-order valence-corrected chi connectivity index (χ1v) is 6.82. The molecule has 0 bridgehead atoms. The van der Waals surface area contributed by atoms with Crippen molar-refractivity contribution in [3.05, 3.63) is 22.4 Å². The maximum Gasteiger partial charge on any atom is 0.327 e. The van der Waals surface area contributed by atoms with Gasteiger partial charge in [0.2, 0.25) is 0 Å². The molecule has 17 heavy (non-hydrogen) atoms. The molecule has 1 aliphatic heterocycles. The van der Waals surface area contributed by atoms with Gasteiger partial charge in [-0.2, -0.15) is 11.3 Å². The van der Waals surface area contributed by atoms with E-state index in [0.29, 0.717) is 0 Å². The van der Waals surface area contributed by atoms with E-state index in [-0.39, 0.29) is 12.0 Å². The molecule has 1 aromatic rings. The Morgan fingerprint density at radius 2 is 2.41 bits per heavy atom. The number of hydrogen-bond donors (Lipinski definition) is 1. The van der Waals surface area contributed by atoms with Gasteiger partial charge in [-0.15, -0.1) is 0 Å². The van der Waals surface area contributed by atoms with E-state index in [1.807, 2.05) is 16.8 Å². The van der Waals surface area contributed by atoms with Gasteiger partial charge < -0.3 is 10.1 Å². The van der Waals surface area contributed by atoms with Crippen molar-refractivity contribution in [2.75, 3.05) is 33.3 Å². The minimum atomic E-state index is -0.244. The number of nitrogens with one attached hydrogen (secondary N) is 1. The molecule has 1 saturated heterocycles. The minimum absolute atomic E-state index is 0.162. The van der Waals surface area contributed by atoms with Crippen molar-refractivity contribution in [3.63, 3.8) is 0 Å². The molecule has 1 aliphatic rings. The molecule has 2 rings (SSSR count). The summed E-state index contributed by atoms with van der Waals surface area (Å²) in [5.41, 5.74) is 1.05. The smallest absolute Gasteiger partial charge is 0.327 e. The molecule has 0 saturated carbocycles. The van der Waals surface area contributed by atoms with Gasteiger partial charge in [-0.25, -0.2) is 4.79 Å². The molecule has 5 heteroatoms. The molecule has 1 aromatic heterocycles. The van der Waals surface area contributed by atoms with Crippen LogP contribution in [-0.2, 0) is 9.53 Å². The first kappa shape index (κ1) is 12.5. The van der Waals surface area contributed by atoms with Crippen LogP contribution >= 0.6 is 11.3 Å². The van der Waals surface area contributed by atoms with Crippen LogP contribution in [-0.4, -0.2) is 44.2 Å². The van der Waals surface area contributed by atoms with E-state index in [1.54, 1.807) is 11.3 Å². The minimum Gasteiger partial charge on any atom is -0.468 e. The predicted octanol–water partition coefficient (Wildman–Crippen LogP) is 1.26. The van der Waals surface area contributed by atoms with Crippen LogP contribution in [0.2, 0.25) is 0 Å². The second-order valence-corrected chi connectivity index (χ2v) is 4.90. The first-order chi connectivity index (χ1) is 8.33. The SMILES string of the molecule is COC(=O)C(c1ccsc1)N1CCCNCC1. The van der Waals surface area contributed by atoms with E-state index in [0.717, 1.165) is 38.2 Å². The average Bonchev–Trinajstić information content (AvgIpc) is 2.73. The van der Waals surface area contributed by atoms with Crippen molar-refractivity contribution in [1.82, 2.24) is 10.2 Å². The molecule has 1 atom stereocenters. The molecule has 0 radical (unpaired) electrons. The number of nitrogens with zero attached hydrogens (tertiary/aromatic N) is 1. The molecular formula is C12H18N2O2S. The number of hydrogen-bond acceptors (Lipinski definition) is 5. The van der Waals surface area contributed by atoms with Crippen LogP contribution in [0.3, 0.4) is 0 Å². The monoisotopic (exact) mass is 254 g/mol. The number of ether oxygens (including phenoxy) is 1. The van der Waals surface area contributed by atoms with Crippen molar-refractivity contribution < 1.29 is 9.53 Å². The Labute approximate surface area is 106 Å². The Morgan fingerprint density at radius 3 is 3.12 bits per heavy atom. The summed E-state index contributed by atoms with van der Waals surface area (Å²) in [7, 11) is 1.46. The Hall–Kier alpha value is -0.910. The highest BCUT2D eigenvalue weighted by Crippen LogP contribution is 2.24. The van der Waals surface area contributed by atoms with Gasteiger partial charge >= 0.3 is 5.97 Å². The van der Waals surface area contributed by atoms with Gasteiger partial charge in [0.25, 0.3) is 0 Å². The molecule has 1 N–H and O–H groups in total. The Bertz CT molecular complexity index is 345. The maximum absolute atomic E-state index is 11.9. The maximum atomic E-state index is 11.9. The van der Waals surface area contributed by atoms with Gasteiger partial charge in [0.15, 0.2) is 0 Å².